The van der Waals surface area contributed by atoms with Gasteiger partial charge < -0.3 is 4.42 Å². The maximum atomic E-state index is 6.15. The average molecular weight is 412 g/mol. The van der Waals surface area contributed by atoms with E-state index in [0.717, 1.165) is 47.6 Å². The number of aryl methyl sites for hydroxylation is 1. The highest BCUT2D eigenvalue weighted by Gasteiger charge is 2.17. The van der Waals surface area contributed by atoms with Gasteiger partial charge in [0, 0.05) is 49.0 Å². The Morgan fingerprint density at radius 2 is 1.74 bits per heavy atom. The molecule has 6 heteroatoms. The number of hydrogen-bond donors (Lipinski definition) is 0. The molecule has 6 nitrogen and oxygen atoms in total. The van der Waals surface area contributed by atoms with Gasteiger partial charge in [-0.2, -0.15) is 10.2 Å². The van der Waals surface area contributed by atoms with Gasteiger partial charge in [-0.15, -0.1) is 0 Å². The predicted octanol–water partition coefficient (Wildman–Crippen LogP) is 4.71. The highest BCUT2D eigenvalue weighted by Crippen LogP contribution is 2.30. The van der Waals surface area contributed by atoms with Crippen LogP contribution in [-0.2, 0) is 26.7 Å². The summed E-state index contributed by atoms with van der Waals surface area (Å²) < 4.78 is 9.99. The van der Waals surface area contributed by atoms with E-state index < -0.39 is 0 Å². The van der Waals surface area contributed by atoms with Crippen LogP contribution in [0.3, 0.4) is 0 Å². The molecule has 0 bridgehead atoms. The fraction of sp³-hybridized carbons (Fsp3) is 0.200. The molecule has 0 atom stereocenters. The largest absolute Gasteiger partial charge is 0.454 e. The van der Waals surface area contributed by atoms with Gasteiger partial charge in [0.05, 0.1) is 12.7 Å². The van der Waals surface area contributed by atoms with Crippen LogP contribution < -0.4 is 0 Å². The molecule has 0 aliphatic rings. The van der Waals surface area contributed by atoms with E-state index in [0.29, 0.717) is 0 Å². The first kappa shape index (κ1) is 19.3. The van der Waals surface area contributed by atoms with E-state index >= 15 is 0 Å². The van der Waals surface area contributed by atoms with Crippen molar-refractivity contribution in [3.05, 3.63) is 95.9 Å². The SMILES string of the molecule is CN(Cc1cnn(C)c1)Cc1cn(Cc2ccccc2)nc1-c1cc2ccccc2o1. The molecule has 0 fully saturated rings. The number of para-hydroxylation sites is 1. The predicted molar refractivity (Wildman–Crippen MR) is 121 cm³/mol. The summed E-state index contributed by atoms with van der Waals surface area (Å²) >= 11 is 0. The molecule has 2 aromatic carbocycles. The molecule has 3 heterocycles. The Kier molecular flexibility index (Phi) is 5.14. The fourth-order valence-corrected chi connectivity index (χ4v) is 3.95. The minimum Gasteiger partial charge on any atom is -0.454 e. The van der Waals surface area contributed by atoms with Crippen molar-refractivity contribution in [2.45, 2.75) is 19.6 Å². The number of furan rings is 1. The lowest BCUT2D eigenvalue weighted by atomic mass is 10.1. The molecule has 0 unspecified atom stereocenters. The number of fused-ring (bicyclic) bond motifs is 1. The highest BCUT2D eigenvalue weighted by molar-refractivity contribution is 5.82. The lowest BCUT2D eigenvalue weighted by Gasteiger charge is -2.15. The van der Waals surface area contributed by atoms with Gasteiger partial charge in [-0.3, -0.25) is 14.3 Å². The van der Waals surface area contributed by atoms with Crippen molar-refractivity contribution in [1.29, 1.82) is 0 Å². The third-order valence-corrected chi connectivity index (χ3v) is 5.33. The molecule has 31 heavy (non-hydrogen) atoms. The molecule has 0 radical (unpaired) electrons. The number of rotatable bonds is 7. The maximum Gasteiger partial charge on any atom is 0.156 e. The van der Waals surface area contributed by atoms with Crippen molar-refractivity contribution >= 4 is 11.0 Å². The van der Waals surface area contributed by atoms with Crippen molar-refractivity contribution in [1.82, 2.24) is 24.5 Å². The third-order valence-electron chi connectivity index (χ3n) is 5.33. The first-order valence-electron chi connectivity index (χ1n) is 10.4. The van der Waals surface area contributed by atoms with Gasteiger partial charge in [0.15, 0.2) is 5.76 Å². The molecular formula is C25H25N5O. The second-order valence-corrected chi connectivity index (χ2v) is 8.03. The highest BCUT2D eigenvalue weighted by atomic mass is 16.3. The minimum absolute atomic E-state index is 0.723. The summed E-state index contributed by atoms with van der Waals surface area (Å²) in [6.45, 7) is 2.30. The van der Waals surface area contributed by atoms with E-state index in [9.17, 15) is 0 Å². The van der Waals surface area contributed by atoms with E-state index in [1.165, 1.54) is 11.1 Å². The van der Waals surface area contributed by atoms with Crippen LogP contribution in [0.4, 0.5) is 0 Å². The zero-order valence-corrected chi connectivity index (χ0v) is 17.8. The van der Waals surface area contributed by atoms with Crippen LogP contribution in [0.15, 0.2) is 83.7 Å². The van der Waals surface area contributed by atoms with Gasteiger partial charge in [0.1, 0.15) is 11.3 Å². The van der Waals surface area contributed by atoms with Gasteiger partial charge in [0.2, 0.25) is 0 Å². The van der Waals surface area contributed by atoms with Crippen LogP contribution in [0.25, 0.3) is 22.4 Å². The van der Waals surface area contributed by atoms with Crippen LogP contribution >= 0.6 is 0 Å². The summed E-state index contributed by atoms with van der Waals surface area (Å²) in [6.07, 6.45) is 6.10. The standard InChI is InChI=1S/C25H25N5O/c1-28(14-20-13-26-29(2)15-20)17-22-18-30(16-19-8-4-3-5-9-19)27-25(22)24-12-21-10-6-7-11-23(21)31-24/h3-13,15,18H,14,16-17H2,1-2H3. The average Bonchev–Trinajstić information content (AvgIpc) is 3.47. The summed E-state index contributed by atoms with van der Waals surface area (Å²) in [4.78, 5) is 2.27. The Labute approximate surface area is 181 Å². The van der Waals surface area contributed by atoms with Crippen LogP contribution in [-0.4, -0.2) is 31.5 Å². The number of benzene rings is 2. The van der Waals surface area contributed by atoms with Crippen LogP contribution in [0.5, 0.6) is 0 Å². The van der Waals surface area contributed by atoms with Gasteiger partial charge in [0.25, 0.3) is 0 Å². The van der Waals surface area contributed by atoms with Crippen molar-refractivity contribution in [3.8, 4) is 11.5 Å². The zero-order chi connectivity index (χ0) is 21.2. The van der Waals surface area contributed by atoms with E-state index in [-0.39, 0.29) is 0 Å². The summed E-state index contributed by atoms with van der Waals surface area (Å²) in [5.74, 6) is 0.804. The smallest absolute Gasteiger partial charge is 0.156 e. The normalized spacial score (nSPS) is 11.6. The van der Waals surface area contributed by atoms with E-state index in [1.807, 2.05) is 46.9 Å². The molecule has 0 saturated carbocycles. The zero-order valence-electron chi connectivity index (χ0n) is 17.8. The second kappa shape index (κ2) is 8.24. The number of hydrogen-bond acceptors (Lipinski definition) is 4. The van der Waals surface area contributed by atoms with Gasteiger partial charge >= 0.3 is 0 Å². The molecule has 5 aromatic rings. The molecule has 156 valence electrons. The molecular weight excluding hydrogens is 386 g/mol. The van der Waals surface area contributed by atoms with Crippen molar-refractivity contribution < 1.29 is 4.42 Å². The molecule has 0 amide bonds. The van der Waals surface area contributed by atoms with Crippen LogP contribution in [0.2, 0.25) is 0 Å². The Bertz CT molecular complexity index is 1260. The van der Waals surface area contributed by atoms with Crippen molar-refractivity contribution in [3.63, 3.8) is 0 Å². The first-order chi connectivity index (χ1) is 15.1. The Morgan fingerprint density at radius 1 is 0.935 bits per heavy atom. The van der Waals surface area contributed by atoms with Crippen molar-refractivity contribution in [2.24, 2.45) is 7.05 Å². The Balaban J connectivity index is 1.46. The van der Waals surface area contributed by atoms with Gasteiger partial charge in [-0.25, -0.2) is 0 Å². The molecule has 0 saturated heterocycles. The summed E-state index contributed by atoms with van der Waals surface area (Å²) in [7, 11) is 4.06. The lowest BCUT2D eigenvalue weighted by molar-refractivity contribution is 0.319. The van der Waals surface area contributed by atoms with Crippen LogP contribution in [0.1, 0.15) is 16.7 Å². The van der Waals surface area contributed by atoms with E-state index in [1.54, 1.807) is 0 Å². The molecule has 0 spiro atoms. The number of nitrogens with zero attached hydrogens (tertiary/aromatic N) is 5. The minimum atomic E-state index is 0.723. The third kappa shape index (κ3) is 4.29. The Hall–Kier alpha value is -3.64. The quantitative estimate of drug-likeness (QED) is 0.389. The second-order valence-electron chi connectivity index (χ2n) is 8.03. The fourth-order valence-electron chi connectivity index (χ4n) is 3.95. The molecule has 3 aromatic heterocycles. The number of aromatic nitrogens is 4. The summed E-state index contributed by atoms with van der Waals surface area (Å²) in [5, 5.41) is 10.3. The Morgan fingerprint density at radius 3 is 2.52 bits per heavy atom. The summed E-state index contributed by atoms with van der Waals surface area (Å²) in [5.41, 5.74) is 5.32. The topological polar surface area (TPSA) is 52.0 Å². The van der Waals surface area contributed by atoms with Gasteiger partial charge in [-0.1, -0.05) is 48.5 Å². The monoisotopic (exact) mass is 411 g/mol. The first-order valence-corrected chi connectivity index (χ1v) is 10.4. The molecule has 0 aliphatic carbocycles. The van der Waals surface area contributed by atoms with Crippen LogP contribution in [0, 0.1) is 0 Å². The molecule has 0 N–H and O–H groups in total. The maximum absolute atomic E-state index is 6.15. The molecule has 5 rings (SSSR count). The molecule has 0 aliphatic heterocycles. The van der Waals surface area contributed by atoms with E-state index in [4.69, 9.17) is 9.52 Å². The lowest BCUT2D eigenvalue weighted by Crippen LogP contribution is -2.17. The van der Waals surface area contributed by atoms with Gasteiger partial charge in [-0.05, 0) is 24.7 Å². The summed E-state index contributed by atoms with van der Waals surface area (Å²) in [6, 6.07) is 20.5. The van der Waals surface area contributed by atoms with E-state index in [2.05, 4.69) is 65.8 Å². The van der Waals surface area contributed by atoms with Crippen molar-refractivity contribution in [2.75, 3.05) is 7.05 Å².